The SMILES string of the molecule is CCOC1=NC(=O)OC(c2ccc([N+](=O)[O-])cc2)S1. The summed E-state index contributed by atoms with van der Waals surface area (Å²) in [5.41, 5.74) is 0.0120. The van der Waals surface area contributed by atoms with Crippen molar-refractivity contribution in [1.29, 1.82) is 0 Å². The molecule has 1 atom stereocenters. The lowest BCUT2D eigenvalue weighted by Gasteiger charge is -2.20. The van der Waals surface area contributed by atoms with Crippen LogP contribution >= 0.6 is 11.8 Å². The fourth-order valence-corrected chi connectivity index (χ4v) is 2.33. The third kappa shape index (κ3) is 3.22. The van der Waals surface area contributed by atoms with E-state index in [2.05, 4.69) is 4.99 Å². The van der Waals surface area contributed by atoms with Crippen LogP contribution in [-0.2, 0) is 9.47 Å². The van der Waals surface area contributed by atoms with E-state index in [1.54, 1.807) is 6.92 Å². The van der Waals surface area contributed by atoms with Gasteiger partial charge in [-0.15, -0.1) is 4.99 Å². The van der Waals surface area contributed by atoms with Crippen LogP contribution in [0.4, 0.5) is 10.5 Å². The van der Waals surface area contributed by atoms with Crippen LogP contribution in [0.2, 0.25) is 0 Å². The van der Waals surface area contributed by atoms with Crippen LogP contribution in [0.1, 0.15) is 17.9 Å². The summed E-state index contributed by atoms with van der Waals surface area (Å²) in [7, 11) is 0. The van der Waals surface area contributed by atoms with E-state index in [4.69, 9.17) is 9.47 Å². The summed E-state index contributed by atoms with van der Waals surface area (Å²) in [6.07, 6.45) is -0.731. The van der Waals surface area contributed by atoms with Gasteiger partial charge in [0.2, 0.25) is 0 Å². The molecule has 1 aromatic carbocycles. The van der Waals surface area contributed by atoms with Gasteiger partial charge in [0.05, 0.1) is 11.5 Å². The second-order valence-electron chi connectivity index (χ2n) is 3.49. The van der Waals surface area contributed by atoms with Crippen LogP contribution < -0.4 is 0 Å². The van der Waals surface area contributed by atoms with Crippen LogP contribution in [0.3, 0.4) is 0 Å². The summed E-state index contributed by atoms with van der Waals surface area (Å²) < 4.78 is 10.2. The number of hydrogen-bond acceptors (Lipinski definition) is 6. The van der Waals surface area contributed by atoms with Gasteiger partial charge in [-0.25, -0.2) is 4.79 Å². The topological polar surface area (TPSA) is 91.0 Å². The highest BCUT2D eigenvalue weighted by molar-refractivity contribution is 8.13. The number of carbonyl (C=O) groups excluding carboxylic acids is 1. The van der Waals surface area contributed by atoms with E-state index in [0.29, 0.717) is 12.2 Å². The monoisotopic (exact) mass is 282 g/mol. The molecule has 7 nitrogen and oxygen atoms in total. The van der Waals surface area contributed by atoms with E-state index in [9.17, 15) is 14.9 Å². The van der Waals surface area contributed by atoms with E-state index in [0.717, 1.165) is 11.8 Å². The standard InChI is InChI=1S/C11H10N2O5S/c1-2-17-11-12-10(14)18-9(19-11)7-3-5-8(6-4-7)13(15)16/h3-6,9H,2H2,1H3. The predicted molar refractivity (Wildman–Crippen MR) is 69.0 cm³/mol. The van der Waals surface area contributed by atoms with Crippen molar-refractivity contribution in [2.45, 2.75) is 12.4 Å². The normalized spacial score (nSPS) is 18.5. The van der Waals surface area contributed by atoms with Crippen molar-refractivity contribution < 1.29 is 19.2 Å². The fourth-order valence-electron chi connectivity index (χ4n) is 1.41. The van der Waals surface area contributed by atoms with Crippen molar-refractivity contribution in [3.63, 3.8) is 0 Å². The zero-order valence-electron chi connectivity index (χ0n) is 9.94. The average molecular weight is 282 g/mol. The third-order valence-corrected chi connectivity index (χ3v) is 3.24. The van der Waals surface area contributed by atoms with Gasteiger partial charge in [-0.05, 0) is 30.8 Å². The zero-order chi connectivity index (χ0) is 13.8. The maximum absolute atomic E-state index is 11.3. The van der Waals surface area contributed by atoms with Gasteiger partial charge in [-0.3, -0.25) is 10.1 Å². The minimum absolute atomic E-state index is 0.0189. The number of rotatable bonds is 3. The first-order valence-electron chi connectivity index (χ1n) is 5.43. The highest BCUT2D eigenvalue weighted by atomic mass is 32.2. The molecule has 0 bridgehead atoms. The van der Waals surface area contributed by atoms with Gasteiger partial charge in [0.25, 0.3) is 10.9 Å². The lowest BCUT2D eigenvalue weighted by atomic mass is 10.2. The van der Waals surface area contributed by atoms with Gasteiger partial charge in [0.15, 0.2) is 5.44 Å². The Hall–Kier alpha value is -2.09. The van der Waals surface area contributed by atoms with Crippen molar-refractivity contribution in [2.24, 2.45) is 4.99 Å². The Bertz CT molecular complexity index is 528. The van der Waals surface area contributed by atoms with E-state index in [1.165, 1.54) is 24.3 Å². The summed E-state index contributed by atoms with van der Waals surface area (Å²) in [6, 6.07) is 5.79. The maximum atomic E-state index is 11.3. The highest BCUT2D eigenvalue weighted by Gasteiger charge is 2.27. The number of amides is 1. The molecule has 8 heteroatoms. The van der Waals surface area contributed by atoms with E-state index in [1.807, 2.05) is 0 Å². The minimum Gasteiger partial charge on any atom is -0.473 e. The molecule has 19 heavy (non-hydrogen) atoms. The first-order chi connectivity index (χ1) is 9.10. The number of cyclic esters (lactones) is 1. The Morgan fingerprint density at radius 1 is 1.47 bits per heavy atom. The Balaban J connectivity index is 2.16. The number of nitrogens with zero attached hydrogens (tertiary/aromatic N) is 2. The molecule has 0 aromatic heterocycles. The lowest BCUT2D eigenvalue weighted by molar-refractivity contribution is -0.384. The lowest BCUT2D eigenvalue weighted by Crippen LogP contribution is -2.17. The zero-order valence-corrected chi connectivity index (χ0v) is 10.8. The summed E-state index contributed by atoms with van der Waals surface area (Å²) in [4.78, 5) is 24.9. The number of aliphatic imine (C=N–C) groups is 1. The minimum atomic E-state index is -0.731. The number of benzene rings is 1. The molecular formula is C11H10N2O5S. The quantitative estimate of drug-likeness (QED) is 0.625. The van der Waals surface area contributed by atoms with Crippen LogP contribution in [-0.4, -0.2) is 22.9 Å². The second-order valence-corrected chi connectivity index (χ2v) is 4.51. The van der Waals surface area contributed by atoms with Crippen molar-refractivity contribution >= 4 is 28.8 Å². The van der Waals surface area contributed by atoms with Gasteiger partial charge in [-0.1, -0.05) is 0 Å². The van der Waals surface area contributed by atoms with Crippen LogP contribution in [0.15, 0.2) is 29.3 Å². The number of thioether (sulfide) groups is 1. The van der Waals surface area contributed by atoms with Crippen molar-refractivity contribution in [3.05, 3.63) is 39.9 Å². The Morgan fingerprint density at radius 2 is 2.16 bits per heavy atom. The van der Waals surface area contributed by atoms with Gasteiger partial charge < -0.3 is 9.47 Å². The van der Waals surface area contributed by atoms with Crippen molar-refractivity contribution in [2.75, 3.05) is 6.61 Å². The molecule has 0 spiro atoms. The molecule has 0 saturated carbocycles. The molecule has 1 aliphatic rings. The van der Waals surface area contributed by atoms with Gasteiger partial charge >= 0.3 is 6.09 Å². The largest absolute Gasteiger partial charge is 0.473 e. The van der Waals surface area contributed by atoms with Gasteiger partial charge in [0.1, 0.15) is 0 Å². The predicted octanol–water partition coefficient (Wildman–Crippen LogP) is 2.87. The molecule has 1 aliphatic heterocycles. The number of hydrogen-bond donors (Lipinski definition) is 0. The number of nitro benzene ring substituents is 1. The van der Waals surface area contributed by atoms with E-state index < -0.39 is 16.5 Å². The Labute approximate surface area is 112 Å². The number of carbonyl (C=O) groups is 1. The molecule has 0 saturated heterocycles. The second kappa shape index (κ2) is 5.70. The molecule has 2 rings (SSSR count). The molecular weight excluding hydrogens is 272 g/mol. The Morgan fingerprint density at radius 3 is 2.74 bits per heavy atom. The number of ether oxygens (including phenoxy) is 2. The molecule has 0 N–H and O–H groups in total. The van der Waals surface area contributed by atoms with E-state index >= 15 is 0 Å². The van der Waals surface area contributed by atoms with Crippen LogP contribution in [0, 0.1) is 10.1 Å². The Kier molecular flexibility index (Phi) is 4.00. The van der Waals surface area contributed by atoms with Gasteiger partial charge in [-0.2, -0.15) is 0 Å². The third-order valence-electron chi connectivity index (χ3n) is 2.24. The first kappa shape index (κ1) is 13.3. The molecule has 100 valence electrons. The maximum Gasteiger partial charge on any atom is 0.438 e. The summed E-state index contributed by atoms with van der Waals surface area (Å²) >= 11 is 1.14. The van der Waals surface area contributed by atoms with Crippen molar-refractivity contribution in [1.82, 2.24) is 0 Å². The average Bonchev–Trinajstić information content (AvgIpc) is 2.38. The summed E-state index contributed by atoms with van der Waals surface area (Å²) in [6.45, 7) is 2.18. The fraction of sp³-hybridized carbons (Fsp3) is 0.273. The van der Waals surface area contributed by atoms with Gasteiger partial charge in [0, 0.05) is 17.7 Å². The first-order valence-corrected chi connectivity index (χ1v) is 6.31. The summed E-state index contributed by atoms with van der Waals surface area (Å²) in [5, 5.41) is 10.8. The molecule has 1 aromatic rings. The highest BCUT2D eigenvalue weighted by Crippen LogP contribution is 2.35. The molecule has 0 fully saturated rings. The van der Waals surface area contributed by atoms with Crippen molar-refractivity contribution in [3.8, 4) is 0 Å². The molecule has 0 radical (unpaired) electrons. The van der Waals surface area contributed by atoms with Crippen LogP contribution in [0.25, 0.3) is 0 Å². The van der Waals surface area contributed by atoms with E-state index in [-0.39, 0.29) is 10.9 Å². The number of non-ortho nitro benzene ring substituents is 1. The molecule has 1 unspecified atom stereocenters. The molecule has 1 heterocycles. The number of nitro groups is 1. The summed E-state index contributed by atoms with van der Waals surface area (Å²) in [5.74, 6) is 0. The molecule has 1 amide bonds. The smallest absolute Gasteiger partial charge is 0.438 e. The van der Waals surface area contributed by atoms with Crippen LogP contribution in [0.5, 0.6) is 0 Å². The molecule has 0 aliphatic carbocycles.